The average Bonchev–Trinajstić information content (AvgIpc) is 2.26. The fourth-order valence-corrected chi connectivity index (χ4v) is 1.33. The summed E-state index contributed by atoms with van der Waals surface area (Å²) in [5, 5.41) is 8.82. The Morgan fingerprint density at radius 3 is 2.73 bits per heavy atom. The topological polar surface area (TPSA) is 59.0 Å². The van der Waals surface area contributed by atoms with Crippen molar-refractivity contribution in [3.63, 3.8) is 0 Å². The summed E-state index contributed by atoms with van der Waals surface area (Å²) in [7, 11) is 1.34. The molecule has 0 aliphatic heterocycles. The lowest BCUT2D eigenvalue weighted by atomic mass is 9.98. The summed E-state index contributed by atoms with van der Waals surface area (Å²) < 4.78 is 18.3. The van der Waals surface area contributed by atoms with Gasteiger partial charge in [0.2, 0.25) is 0 Å². The van der Waals surface area contributed by atoms with Gasteiger partial charge in [0.25, 0.3) is 0 Å². The Morgan fingerprint density at radius 2 is 2.27 bits per heavy atom. The fraction of sp³-hybridized carbons (Fsp3) is 0.364. The Morgan fingerprint density at radius 1 is 1.60 bits per heavy atom. The molecule has 80 valence electrons. The molecule has 0 fully saturated rings. The second kappa shape index (κ2) is 4.76. The maximum atomic E-state index is 13.5. The largest absolute Gasteiger partial charge is 0.492 e. The van der Waals surface area contributed by atoms with E-state index in [9.17, 15) is 4.39 Å². The number of rotatable bonds is 3. The molecule has 0 aliphatic rings. The molecule has 0 spiro atoms. The van der Waals surface area contributed by atoms with Gasteiger partial charge < -0.3 is 10.5 Å². The van der Waals surface area contributed by atoms with Crippen molar-refractivity contribution in [2.45, 2.75) is 12.8 Å². The van der Waals surface area contributed by atoms with Crippen LogP contribution in [0.15, 0.2) is 12.1 Å². The van der Waals surface area contributed by atoms with Crippen molar-refractivity contribution in [2.75, 3.05) is 13.7 Å². The molecule has 4 heteroatoms. The summed E-state index contributed by atoms with van der Waals surface area (Å²) in [6, 6.07) is 4.87. The summed E-state index contributed by atoms with van der Waals surface area (Å²) in [6.07, 6.45) is 0. The van der Waals surface area contributed by atoms with Crippen molar-refractivity contribution in [1.82, 2.24) is 0 Å². The number of hydrogen-bond donors (Lipinski definition) is 1. The first-order valence-electron chi connectivity index (χ1n) is 4.61. The second-order valence-electron chi connectivity index (χ2n) is 3.33. The van der Waals surface area contributed by atoms with Crippen molar-refractivity contribution < 1.29 is 9.13 Å². The van der Waals surface area contributed by atoms with Crippen molar-refractivity contribution in [3.05, 3.63) is 29.1 Å². The minimum atomic E-state index is -0.521. The predicted molar refractivity (Wildman–Crippen MR) is 55.1 cm³/mol. The molecule has 2 N–H and O–H groups in total. The van der Waals surface area contributed by atoms with Crippen LogP contribution in [0, 0.1) is 17.1 Å². The lowest BCUT2D eigenvalue weighted by Crippen LogP contribution is -2.09. The number of nitrogens with two attached hydrogens (primary N) is 1. The number of nitrogens with zero attached hydrogens (tertiary/aromatic N) is 1. The predicted octanol–water partition coefficient (Wildman–Crippen LogP) is 1.77. The smallest absolute Gasteiger partial charge is 0.172 e. The fourth-order valence-electron chi connectivity index (χ4n) is 1.33. The van der Waals surface area contributed by atoms with E-state index in [2.05, 4.69) is 0 Å². The van der Waals surface area contributed by atoms with E-state index in [1.54, 1.807) is 6.07 Å². The highest BCUT2D eigenvalue weighted by atomic mass is 19.1. The minimum absolute atomic E-state index is 0.00882. The van der Waals surface area contributed by atoms with Crippen LogP contribution in [0.4, 0.5) is 4.39 Å². The average molecular weight is 208 g/mol. The van der Waals surface area contributed by atoms with Crippen LogP contribution in [-0.4, -0.2) is 13.7 Å². The lowest BCUT2D eigenvalue weighted by Gasteiger charge is -2.11. The van der Waals surface area contributed by atoms with E-state index < -0.39 is 5.82 Å². The molecule has 0 amide bonds. The third-order valence-electron chi connectivity index (χ3n) is 2.31. The molecular weight excluding hydrogens is 195 g/mol. The van der Waals surface area contributed by atoms with Crippen LogP contribution in [0.1, 0.15) is 24.0 Å². The zero-order valence-electron chi connectivity index (χ0n) is 8.75. The molecule has 1 aromatic rings. The monoisotopic (exact) mass is 208 g/mol. The van der Waals surface area contributed by atoms with Gasteiger partial charge in [-0.1, -0.05) is 6.92 Å². The van der Waals surface area contributed by atoms with Crippen LogP contribution in [-0.2, 0) is 0 Å². The van der Waals surface area contributed by atoms with Gasteiger partial charge in [-0.25, -0.2) is 4.39 Å². The van der Waals surface area contributed by atoms with Crippen LogP contribution in [0.5, 0.6) is 5.75 Å². The summed E-state index contributed by atoms with van der Waals surface area (Å²) in [6.45, 7) is 2.29. The van der Waals surface area contributed by atoms with E-state index in [1.807, 2.05) is 13.0 Å². The zero-order chi connectivity index (χ0) is 11.4. The Bertz CT molecular complexity index is 398. The number of hydrogen-bond acceptors (Lipinski definition) is 3. The molecule has 1 aromatic carbocycles. The molecule has 0 aliphatic carbocycles. The maximum Gasteiger partial charge on any atom is 0.172 e. The summed E-state index contributed by atoms with van der Waals surface area (Å²) in [4.78, 5) is 0. The molecule has 0 saturated carbocycles. The van der Waals surface area contributed by atoms with Crippen molar-refractivity contribution in [1.29, 1.82) is 5.26 Å². The van der Waals surface area contributed by atoms with Crippen LogP contribution in [0.2, 0.25) is 0 Å². The SMILES string of the molecule is COc1c(F)cc(C(C)CN)cc1C#N. The van der Waals surface area contributed by atoms with Crippen molar-refractivity contribution in [2.24, 2.45) is 5.73 Å². The maximum absolute atomic E-state index is 13.5. The molecule has 1 atom stereocenters. The van der Waals surface area contributed by atoms with Gasteiger partial charge in [0, 0.05) is 0 Å². The number of nitriles is 1. The molecule has 0 radical (unpaired) electrons. The van der Waals surface area contributed by atoms with E-state index in [-0.39, 0.29) is 17.2 Å². The molecule has 15 heavy (non-hydrogen) atoms. The first-order chi connectivity index (χ1) is 7.13. The van der Waals surface area contributed by atoms with Gasteiger partial charge in [-0.15, -0.1) is 0 Å². The van der Waals surface area contributed by atoms with E-state index in [0.717, 1.165) is 0 Å². The minimum Gasteiger partial charge on any atom is -0.492 e. The Kier molecular flexibility index (Phi) is 3.64. The molecule has 1 rings (SSSR count). The Labute approximate surface area is 88.3 Å². The highest BCUT2D eigenvalue weighted by Gasteiger charge is 2.13. The van der Waals surface area contributed by atoms with Crippen molar-refractivity contribution in [3.8, 4) is 11.8 Å². The first kappa shape index (κ1) is 11.5. The molecule has 0 bridgehead atoms. The van der Waals surface area contributed by atoms with E-state index >= 15 is 0 Å². The van der Waals surface area contributed by atoms with Gasteiger partial charge in [-0.05, 0) is 30.2 Å². The van der Waals surface area contributed by atoms with Crippen LogP contribution in [0.25, 0.3) is 0 Å². The number of benzene rings is 1. The normalized spacial score (nSPS) is 11.9. The van der Waals surface area contributed by atoms with Gasteiger partial charge in [-0.3, -0.25) is 0 Å². The highest BCUT2D eigenvalue weighted by molar-refractivity contribution is 5.47. The van der Waals surface area contributed by atoms with E-state index in [1.165, 1.54) is 13.2 Å². The first-order valence-corrected chi connectivity index (χ1v) is 4.61. The highest BCUT2D eigenvalue weighted by Crippen LogP contribution is 2.26. The van der Waals surface area contributed by atoms with Gasteiger partial charge in [0.15, 0.2) is 11.6 Å². The molecule has 1 unspecified atom stereocenters. The third-order valence-corrected chi connectivity index (χ3v) is 2.31. The molecule has 0 saturated heterocycles. The summed E-state index contributed by atoms with van der Waals surface area (Å²) in [5.74, 6) is -0.505. The van der Waals surface area contributed by atoms with Gasteiger partial charge in [0.1, 0.15) is 6.07 Å². The molecule has 3 nitrogen and oxygen atoms in total. The lowest BCUT2D eigenvalue weighted by molar-refractivity contribution is 0.384. The van der Waals surface area contributed by atoms with Crippen molar-refractivity contribution >= 4 is 0 Å². The van der Waals surface area contributed by atoms with E-state index in [0.29, 0.717) is 12.1 Å². The van der Waals surface area contributed by atoms with Crippen LogP contribution in [0.3, 0.4) is 0 Å². The quantitative estimate of drug-likeness (QED) is 0.823. The molecule has 0 heterocycles. The van der Waals surface area contributed by atoms with Crippen LogP contribution < -0.4 is 10.5 Å². The number of methoxy groups -OCH3 is 1. The molecular formula is C11H13FN2O. The number of halogens is 1. The molecule has 0 aromatic heterocycles. The number of ether oxygens (including phenoxy) is 1. The summed E-state index contributed by atoms with van der Waals surface area (Å²) >= 11 is 0. The van der Waals surface area contributed by atoms with Gasteiger partial charge in [-0.2, -0.15) is 5.26 Å². The van der Waals surface area contributed by atoms with Crippen LogP contribution >= 0.6 is 0 Å². The zero-order valence-corrected chi connectivity index (χ0v) is 8.75. The standard InChI is InChI=1S/C11H13FN2O/c1-7(5-13)8-3-9(6-14)11(15-2)10(12)4-8/h3-4,7H,5,13H2,1-2H3. The summed E-state index contributed by atoms with van der Waals surface area (Å²) in [5.41, 5.74) is 6.40. The second-order valence-corrected chi connectivity index (χ2v) is 3.33. The van der Waals surface area contributed by atoms with Gasteiger partial charge in [0.05, 0.1) is 12.7 Å². The van der Waals surface area contributed by atoms with Gasteiger partial charge >= 0.3 is 0 Å². The van der Waals surface area contributed by atoms with E-state index in [4.69, 9.17) is 15.7 Å². The third kappa shape index (κ3) is 2.25. The Balaban J connectivity index is 3.27. The Hall–Kier alpha value is -1.60.